The molecule has 0 fully saturated rings. The molecular formula is C9H13NO. The third-order valence-corrected chi connectivity index (χ3v) is 1.47. The van der Waals surface area contributed by atoms with Crippen molar-refractivity contribution in [2.45, 2.75) is 18.9 Å². The molecular weight excluding hydrogens is 138 g/mol. The van der Waals surface area contributed by atoms with Crippen LogP contribution in [0.25, 0.3) is 0 Å². The van der Waals surface area contributed by atoms with E-state index in [0.29, 0.717) is 6.54 Å². The molecule has 1 heterocycles. The molecule has 2 heteroatoms. The zero-order valence-electron chi connectivity index (χ0n) is 6.57. The van der Waals surface area contributed by atoms with Gasteiger partial charge in [-0.15, -0.1) is 6.58 Å². The number of rotatable bonds is 3. The lowest BCUT2D eigenvalue weighted by atomic mass is 10.2. The highest BCUT2D eigenvalue weighted by Crippen LogP contribution is 2.07. The number of aliphatic imine (C=N–C) groups is 1. The lowest BCUT2D eigenvalue weighted by molar-refractivity contribution is 0.185. The van der Waals surface area contributed by atoms with Crippen molar-refractivity contribution < 1.29 is 4.74 Å². The Morgan fingerprint density at radius 1 is 1.73 bits per heavy atom. The van der Waals surface area contributed by atoms with Gasteiger partial charge >= 0.3 is 0 Å². The lowest BCUT2D eigenvalue weighted by Gasteiger charge is -2.14. The SMILES string of the molecule is C=CCN=CC1CCC=CO1. The van der Waals surface area contributed by atoms with Crippen LogP contribution < -0.4 is 0 Å². The maximum Gasteiger partial charge on any atom is 0.133 e. The fourth-order valence-corrected chi connectivity index (χ4v) is 0.916. The van der Waals surface area contributed by atoms with Gasteiger partial charge in [0.25, 0.3) is 0 Å². The smallest absolute Gasteiger partial charge is 0.133 e. The minimum Gasteiger partial charge on any atom is -0.493 e. The maximum absolute atomic E-state index is 5.26. The summed E-state index contributed by atoms with van der Waals surface area (Å²) >= 11 is 0. The van der Waals surface area contributed by atoms with Gasteiger partial charge in [-0.25, -0.2) is 0 Å². The molecule has 0 N–H and O–H groups in total. The van der Waals surface area contributed by atoms with Crippen molar-refractivity contribution in [2.24, 2.45) is 4.99 Å². The molecule has 1 aliphatic rings. The van der Waals surface area contributed by atoms with E-state index >= 15 is 0 Å². The molecule has 0 bridgehead atoms. The predicted molar refractivity (Wildman–Crippen MR) is 46.8 cm³/mol. The summed E-state index contributed by atoms with van der Waals surface area (Å²) < 4.78 is 5.26. The van der Waals surface area contributed by atoms with Gasteiger partial charge < -0.3 is 4.74 Å². The standard InChI is InChI=1S/C9H13NO/c1-2-6-10-8-9-5-3-4-7-11-9/h2,4,7-9H,1,3,5-6H2. The van der Waals surface area contributed by atoms with Crippen LogP contribution in [0.2, 0.25) is 0 Å². The Bertz CT molecular complexity index is 172. The Morgan fingerprint density at radius 2 is 2.64 bits per heavy atom. The van der Waals surface area contributed by atoms with Crippen molar-refractivity contribution in [3.8, 4) is 0 Å². The highest BCUT2D eigenvalue weighted by Gasteiger charge is 2.05. The van der Waals surface area contributed by atoms with E-state index in [9.17, 15) is 0 Å². The summed E-state index contributed by atoms with van der Waals surface area (Å²) in [7, 11) is 0. The fourth-order valence-electron chi connectivity index (χ4n) is 0.916. The molecule has 0 saturated heterocycles. The molecule has 0 radical (unpaired) electrons. The van der Waals surface area contributed by atoms with Gasteiger partial charge in [-0.3, -0.25) is 4.99 Å². The predicted octanol–water partition coefficient (Wildman–Crippen LogP) is 1.94. The molecule has 1 rings (SSSR count). The first-order valence-electron chi connectivity index (χ1n) is 3.85. The van der Waals surface area contributed by atoms with Gasteiger partial charge in [-0.2, -0.15) is 0 Å². The average molecular weight is 151 g/mol. The second-order valence-electron chi connectivity index (χ2n) is 2.43. The van der Waals surface area contributed by atoms with Crippen LogP contribution in [0, 0.1) is 0 Å². The van der Waals surface area contributed by atoms with Crippen molar-refractivity contribution in [3.63, 3.8) is 0 Å². The van der Waals surface area contributed by atoms with Crippen LogP contribution in [0.5, 0.6) is 0 Å². The Hall–Kier alpha value is -1.05. The quantitative estimate of drug-likeness (QED) is 0.446. The molecule has 0 aromatic heterocycles. The Balaban J connectivity index is 2.25. The maximum atomic E-state index is 5.26. The number of allylic oxidation sites excluding steroid dienone is 1. The summed E-state index contributed by atoms with van der Waals surface area (Å²) in [4.78, 5) is 4.11. The fraction of sp³-hybridized carbons (Fsp3) is 0.444. The number of hydrogen-bond acceptors (Lipinski definition) is 2. The van der Waals surface area contributed by atoms with Gasteiger partial charge in [0, 0.05) is 6.21 Å². The molecule has 2 nitrogen and oxygen atoms in total. The van der Waals surface area contributed by atoms with Gasteiger partial charge in [0.05, 0.1) is 12.8 Å². The molecule has 0 aromatic carbocycles. The van der Waals surface area contributed by atoms with Crippen LogP contribution in [0.4, 0.5) is 0 Å². The molecule has 0 saturated carbocycles. The van der Waals surface area contributed by atoms with Crippen molar-refractivity contribution in [3.05, 3.63) is 25.0 Å². The normalized spacial score (nSPS) is 23.5. The summed E-state index contributed by atoms with van der Waals surface area (Å²) in [6.07, 6.45) is 9.70. The number of nitrogens with zero attached hydrogens (tertiary/aromatic N) is 1. The first-order valence-corrected chi connectivity index (χ1v) is 3.85. The minimum atomic E-state index is 0.181. The Morgan fingerprint density at radius 3 is 3.27 bits per heavy atom. The van der Waals surface area contributed by atoms with Crippen LogP contribution in [-0.2, 0) is 4.74 Å². The summed E-state index contributed by atoms with van der Waals surface area (Å²) in [5.74, 6) is 0. The monoisotopic (exact) mass is 151 g/mol. The third kappa shape index (κ3) is 3.03. The van der Waals surface area contributed by atoms with Gasteiger partial charge in [-0.1, -0.05) is 6.08 Å². The van der Waals surface area contributed by atoms with Crippen LogP contribution in [0.3, 0.4) is 0 Å². The lowest BCUT2D eigenvalue weighted by Crippen LogP contribution is -2.13. The third-order valence-electron chi connectivity index (χ3n) is 1.47. The molecule has 11 heavy (non-hydrogen) atoms. The summed E-state index contributed by atoms with van der Waals surface area (Å²) in [5.41, 5.74) is 0. The van der Waals surface area contributed by atoms with E-state index in [0.717, 1.165) is 12.8 Å². The van der Waals surface area contributed by atoms with Crippen LogP contribution in [0.15, 0.2) is 30.0 Å². The van der Waals surface area contributed by atoms with E-state index in [1.165, 1.54) is 0 Å². The van der Waals surface area contributed by atoms with E-state index < -0.39 is 0 Å². The van der Waals surface area contributed by atoms with E-state index in [-0.39, 0.29) is 6.10 Å². The van der Waals surface area contributed by atoms with E-state index in [1.54, 1.807) is 12.3 Å². The van der Waals surface area contributed by atoms with Gasteiger partial charge in [0.15, 0.2) is 0 Å². The molecule has 1 atom stereocenters. The second-order valence-corrected chi connectivity index (χ2v) is 2.43. The van der Waals surface area contributed by atoms with Crippen molar-refractivity contribution in [1.82, 2.24) is 0 Å². The molecule has 1 aliphatic heterocycles. The average Bonchev–Trinajstić information content (AvgIpc) is 2.07. The first-order chi connectivity index (χ1) is 5.43. The first kappa shape index (κ1) is 8.05. The Labute approximate surface area is 67.3 Å². The number of ether oxygens (including phenoxy) is 1. The van der Waals surface area contributed by atoms with Crippen LogP contribution in [0.1, 0.15) is 12.8 Å². The summed E-state index contributed by atoms with van der Waals surface area (Å²) in [6, 6.07) is 0. The van der Waals surface area contributed by atoms with Gasteiger partial charge in [0.1, 0.15) is 6.10 Å². The molecule has 0 spiro atoms. The Kier molecular flexibility index (Phi) is 3.45. The summed E-state index contributed by atoms with van der Waals surface area (Å²) in [5, 5.41) is 0. The van der Waals surface area contributed by atoms with Crippen LogP contribution >= 0.6 is 0 Å². The van der Waals surface area contributed by atoms with Crippen molar-refractivity contribution >= 4 is 6.21 Å². The van der Waals surface area contributed by atoms with Gasteiger partial charge in [0.2, 0.25) is 0 Å². The van der Waals surface area contributed by atoms with E-state index in [1.807, 2.05) is 12.3 Å². The zero-order valence-corrected chi connectivity index (χ0v) is 6.57. The summed E-state index contributed by atoms with van der Waals surface area (Å²) in [6.45, 7) is 4.26. The molecule has 0 aromatic rings. The van der Waals surface area contributed by atoms with E-state index in [4.69, 9.17) is 4.74 Å². The van der Waals surface area contributed by atoms with Gasteiger partial charge in [-0.05, 0) is 18.9 Å². The van der Waals surface area contributed by atoms with E-state index in [2.05, 4.69) is 11.6 Å². The van der Waals surface area contributed by atoms with Crippen molar-refractivity contribution in [1.29, 1.82) is 0 Å². The molecule has 60 valence electrons. The highest BCUT2D eigenvalue weighted by atomic mass is 16.5. The van der Waals surface area contributed by atoms with Crippen molar-refractivity contribution in [2.75, 3.05) is 6.54 Å². The molecule has 0 aliphatic carbocycles. The topological polar surface area (TPSA) is 21.6 Å². The number of hydrogen-bond donors (Lipinski definition) is 0. The second kappa shape index (κ2) is 4.72. The van der Waals surface area contributed by atoms with Crippen LogP contribution in [-0.4, -0.2) is 18.9 Å². The molecule has 1 unspecified atom stereocenters. The largest absolute Gasteiger partial charge is 0.493 e. The molecule has 0 amide bonds. The zero-order chi connectivity index (χ0) is 7.94. The highest BCUT2D eigenvalue weighted by molar-refractivity contribution is 5.63. The minimum absolute atomic E-state index is 0.181.